The first-order valence-electron chi connectivity index (χ1n) is 11.6. The van der Waals surface area contributed by atoms with Crippen molar-refractivity contribution < 1.29 is 18.0 Å². The highest BCUT2D eigenvalue weighted by atomic mass is 32.2. The van der Waals surface area contributed by atoms with Crippen molar-refractivity contribution in [2.24, 2.45) is 5.92 Å². The number of hydrogen-bond donors (Lipinski definition) is 1. The van der Waals surface area contributed by atoms with Crippen molar-refractivity contribution in [1.29, 1.82) is 0 Å². The number of rotatable bonds is 5. The third-order valence-corrected chi connectivity index (χ3v) is 10.1. The molecule has 0 unspecified atom stereocenters. The largest absolute Gasteiger partial charge is 0.353 e. The highest BCUT2D eigenvalue weighted by Crippen LogP contribution is 2.29. The zero-order chi connectivity index (χ0) is 21.8. The first-order valence-corrected chi connectivity index (χ1v) is 14.0. The Balaban J connectivity index is 1.32. The molecule has 0 bridgehead atoms. The summed E-state index contributed by atoms with van der Waals surface area (Å²) in [6, 6.07) is 1.79. The molecule has 3 aliphatic rings. The molecule has 3 heterocycles. The molecule has 2 saturated heterocycles. The second kappa shape index (κ2) is 10.0. The fourth-order valence-electron chi connectivity index (χ4n) is 4.90. The van der Waals surface area contributed by atoms with Crippen LogP contribution in [0.2, 0.25) is 0 Å². The number of likely N-dealkylation sites (tertiary alicyclic amines) is 1. The second-order valence-electron chi connectivity index (χ2n) is 9.03. The molecular formula is C22H33N3O4S2. The van der Waals surface area contributed by atoms with Gasteiger partial charge in [0.25, 0.3) is 15.9 Å². The monoisotopic (exact) mass is 467 g/mol. The van der Waals surface area contributed by atoms with Gasteiger partial charge in [-0.3, -0.25) is 9.59 Å². The zero-order valence-corrected chi connectivity index (χ0v) is 19.7. The van der Waals surface area contributed by atoms with E-state index >= 15 is 0 Å². The molecule has 1 aliphatic carbocycles. The Labute approximate surface area is 189 Å². The van der Waals surface area contributed by atoms with Crippen LogP contribution in [0.15, 0.2) is 15.7 Å². The number of amides is 2. The van der Waals surface area contributed by atoms with Crippen molar-refractivity contribution in [1.82, 2.24) is 14.5 Å². The highest BCUT2D eigenvalue weighted by molar-refractivity contribution is 7.91. The van der Waals surface area contributed by atoms with E-state index in [0.29, 0.717) is 31.5 Å². The average molecular weight is 468 g/mol. The predicted molar refractivity (Wildman–Crippen MR) is 121 cm³/mol. The predicted octanol–water partition coefficient (Wildman–Crippen LogP) is 3.22. The molecule has 172 valence electrons. The summed E-state index contributed by atoms with van der Waals surface area (Å²) in [5.74, 6) is -0.118. The number of nitrogens with zero attached hydrogens (tertiary/aromatic N) is 2. The van der Waals surface area contributed by atoms with Gasteiger partial charge in [-0.25, -0.2) is 8.42 Å². The minimum absolute atomic E-state index is 0.0795. The van der Waals surface area contributed by atoms with Crippen molar-refractivity contribution in [2.45, 2.75) is 74.5 Å². The van der Waals surface area contributed by atoms with E-state index in [9.17, 15) is 18.0 Å². The molecule has 1 saturated carbocycles. The fraction of sp³-hybridized carbons (Fsp3) is 0.727. The van der Waals surface area contributed by atoms with E-state index in [0.717, 1.165) is 50.1 Å². The van der Waals surface area contributed by atoms with Crippen LogP contribution in [0.25, 0.3) is 0 Å². The molecule has 31 heavy (non-hydrogen) atoms. The lowest BCUT2D eigenvalue weighted by Gasteiger charge is -2.31. The number of sulfonamides is 1. The number of carbonyl (C=O) groups excluding carboxylic acids is 2. The van der Waals surface area contributed by atoms with Crippen molar-refractivity contribution >= 4 is 33.2 Å². The minimum atomic E-state index is -3.63. The van der Waals surface area contributed by atoms with E-state index in [-0.39, 0.29) is 28.0 Å². The van der Waals surface area contributed by atoms with Gasteiger partial charge in [-0.05, 0) is 44.6 Å². The minimum Gasteiger partial charge on any atom is -0.353 e. The Morgan fingerprint density at radius 3 is 2.19 bits per heavy atom. The first kappa shape index (κ1) is 22.7. The van der Waals surface area contributed by atoms with Crippen LogP contribution in [-0.4, -0.2) is 61.7 Å². The maximum atomic E-state index is 13.1. The van der Waals surface area contributed by atoms with E-state index in [4.69, 9.17) is 0 Å². The summed E-state index contributed by atoms with van der Waals surface area (Å²) < 4.78 is 27.9. The van der Waals surface area contributed by atoms with Crippen LogP contribution in [0, 0.1) is 5.92 Å². The third-order valence-electron chi connectivity index (χ3n) is 6.84. The first-order chi connectivity index (χ1) is 14.9. The molecule has 7 nitrogen and oxygen atoms in total. The smallest absolute Gasteiger partial charge is 0.254 e. The Morgan fingerprint density at radius 1 is 0.903 bits per heavy atom. The molecule has 0 atom stereocenters. The Kier molecular flexibility index (Phi) is 7.33. The summed E-state index contributed by atoms with van der Waals surface area (Å²) >= 11 is 1.11. The SMILES string of the molecule is O=C(NC1CCCCCC1)C1CCN(S(=O)(=O)c2cc(C(=O)N3CCCC3)cs2)CC1. The van der Waals surface area contributed by atoms with Crippen LogP contribution in [0.4, 0.5) is 0 Å². The van der Waals surface area contributed by atoms with Gasteiger partial charge in [0.2, 0.25) is 5.91 Å². The highest BCUT2D eigenvalue weighted by Gasteiger charge is 2.34. The molecule has 1 aromatic heterocycles. The van der Waals surface area contributed by atoms with Crippen LogP contribution >= 0.6 is 11.3 Å². The molecule has 0 radical (unpaired) electrons. The summed E-state index contributed by atoms with van der Waals surface area (Å²) in [5.41, 5.74) is 0.461. The van der Waals surface area contributed by atoms with Gasteiger partial charge in [0, 0.05) is 43.5 Å². The lowest BCUT2D eigenvalue weighted by Crippen LogP contribution is -2.45. The Morgan fingerprint density at radius 2 is 1.55 bits per heavy atom. The van der Waals surface area contributed by atoms with E-state index in [1.165, 1.54) is 36.1 Å². The number of hydrogen-bond acceptors (Lipinski definition) is 5. The summed E-state index contributed by atoms with van der Waals surface area (Å²) in [6.45, 7) is 2.18. The van der Waals surface area contributed by atoms with Crippen LogP contribution in [0.1, 0.15) is 74.6 Å². The maximum absolute atomic E-state index is 13.1. The van der Waals surface area contributed by atoms with Crippen molar-refractivity contribution in [2.75, 3.05) is 26.2 Å². The van der Waals surface area contributed by atoms with Gasteiger partial charge in [-0.2, -0.15) is 4.31 Å². The van der Waals surface area contributed by atoms with Gasteiger partial charge >= 0.3 is 0 Å². The van der Waals surface area contributed by atoms with Gasteiger partial charge in [0.15, 0.2) is 0 Å². The molecule has 0 aromatic carbocycles. The number of nitrogens with one attached hydrogen (secondary N) is 1. The Bertz CT molecular complexity index is 876. The van der Waals surface area contributed by atoms with Crippen LogP contribution in [-0.2, 0) is 14.8 Å². The van der Waals surface area contributed by atoms with Gasteiger partial charge < -0.3 is 10.2 Å². The van der Waals surface area contributed by atoms with Crippen LogP contribution < -0.4 is 5.32 Å². The molecule has 4 rings (SSSR count). The quantitative estimate of drug-likeness (QED) is 0.674. The third kappa shape index (κ3) is 5.31. The zero-order valence-electron chi connectivity index (χ0n) is 18.1. The molecule has 9 heteroatoms. The number of piperidine rings is 1. The molecule has 1 aromatic rings. The lowest BCUT2D eigenvalue weighted by molar-refractivity contribution is -0.126. The summed E-state index contributed by atoms with van der Waals surface area (Å²) in [5, 5.41) is 4.86. The number of carbonyl (C=O) groups is 2. The molecule has 1 N–H and O–H groups in total. The van der Waals surface area contributed by atoms with Crippen LogP contribution in [0.5, 0.6) is 0 Å². The van der Waals surface area contributed by atoms with Gasteiger partial charge in [-0.1, -0.05) is 25.7 Å². The van der Waals surface area contributed by atoms with Gasteiger partial charge in [0.1, 0.15) is 4.21 Å². The molecule has 3 fully saturated rings. The normalized spacial score (nSPS) is 22.4. The summed E-state index contributed by atoms with van der Waals surface area (Å²) in [6.07, 6.45) is 10.0. The molecule has 2 aliphatic heterocycles. The van der Waals surface area contributed by atoms with Crippen LogP contribution in [0.3, 0.4) is 0 Å². The van der Waals surface area contributed by atoms with Gasteiger partial charge in [0.05, 0.1) is 5.56 Å². The lowest BCUT2D eigenvalue weighted by atomic mass is 9.96. The Hall–Kier alpha value is -1.45. The van der Waals surface area contributed by atoms with E-state index < -0.39 is 10.0 Å². The molecular weight excluding hydrogens is 434 g/mol. The van der Waals surface area contributed by atoms with E-state index in [1.807, 2.05) is 0 Å². The van der Waals surface area contributed by atoms with Crippen molar-refractivity contribution in [3.63, 3.8) is 0 Å². The standard InChI is InChI=1S/C22H33N3O4S2/c26-21(23-19-7-3-1-2-4-8-19)17-9-13-25(14-10-17)31(28,29)20-15-18(16-30-20)22(27)24-11-5-6-12-24/h15-17,19H,1-14H2,(H,23,26). The number of thiophene rings is 1. The van der Waals surface area contributed by atoms with Crippen molar-refractivity contribution in [3.05, 3.63) is 17.0 Å². The average Bonchev–Trinajstić information content (AvgIpc) is 3.43. The summed E-state index contributed by atoms with van der Waals surface area (Å²) in [4.78, 5) is 27.0. The maximum Gasteiger partial charge on any atom is 0.254 e. The van der Waals surface area contributed by atoms with Gasteiger partial charge in [-0.15, -0.1) is 11.3 Å². The molecule has 0 spiro atoms. The van der Waals surface area contributed by atoms with E-state index in [1.54, 1.807) is 10.3 Å². The van der Waals surface area contributed by atoms with Crippen molar-refractivity contribution in [3.8, 4) is 0 Å². The van der Waals surface area contributed by atoms with E-state index in [2.05, 4.69) is 5.32 Å². The summed E-state index contributed by atoms with van der Waals surface area (Å²) in [7, 11) is -3.63. The topological polar surface area (TPSA) is 86.8 Å². The fourth-order valence-corrected chi connectivity index (χ4v) is 7.67. The second-order valence-corrected chi connectivity index (χ2v) is 12.1. The molecule has 2 amide bonds.